The maximum absolute atomic E-state index is 2.34. The lowest BCUT2D eigenvalue weighted by Gasteiger charge is -2.26. The molecule has 9 aromatic rings. The second-order valence-electron chi connectivity index (χ2n) is 13.9. The molecule has 0 fully saturated rings. The molecule has 0 aliphatic rings. The van der Waals surface area contributed by atoms with Crippen LogP contribution in [-0.2, 0) is 0 Å². The zero-order valence-electron chi connectivity index (χ0n) is 31.0. The van der Waals surface area contributed by atoms with E-state index in [2.05, 4.69) is 252 Å². The lowest BCUT2D eigenvalue weighted by Crippen LogP contribution is -2.09. The minimum atomic E-state index is 1.11. The Kier molecular flexibility index (Phi) is 9.75. The van der Waals surface area contributed by atoms with Crippen LogP contribution >= 0.6 is 0 Å². The van der Waals surface area contributed by atoms with E-state index < -0.39 is 0 Å². The van der Waals surface area contributed by atoms with Gasteiger partial charge in [0.2, 0.25) is 0 Å². The van der Waals surface area contributed by atoms with E-state index in [-0.39, 0.29) is 0 Å². The fraction of sp³-hybridized carbons (Fsp3) is 0. The van der Waals surface area contributed by atoms with Crippen molar-refractivity contribution in [3.05, 3.63) is 242 Å². The first-order valence-electron chi connectivity index (χ1n) is 19.1. The van der Waals surface area contributed by atoms with Gasteiger partial charge in [-0.15, -0.1) is 0 Å². The summed E-state index contributed by atoms with van der Waals surface area (Å²) in [6.45, 7) is 0. The minimum absolute atomic E-state index is 1.11. The summed E-state index contributed by atoms with van der Waals surface area (Å²) in [5, 5.41) is 2.39. The second-order valence-corrected chi connectivity index (χ2v) is 13.9. The van der Waals surface area contributed by atoms with Gasteiger partial charge in [-0.2, -0.15) is 0 Å². The van der Waals surface area contributed by atoms with Crippen LogP contribution in [0, 0.1) is 0 Å². The summed E-state index contributed by atoms with van der Waals surface area (Å²) >= 11 is 0. The van der Waals surface area contributed by atoms with Crippen LogP contribution in [0.5, 0.6) is 0 Å². The van der Waals surface area contributed by atoms with Crippen LogP contribution in [0.15, 0.2) is 231 Å². The van der Waals surface area contributed by atoms with Crippen molar-refractivity contribution in [1.29, 1.82) is 0 Å². The zero-order chi connectivity index (χ0) is 37.5. The molecule has 0 radical (unpaired) electrons. The van der Waals surface area contributed by atoms with Gasteiger partial charge in [-0.05, 0) is 123 Å². The Morgan fingerprint density at radius 2 is 0.554 bits per heavy atom. The molecule has 56 heavy (non-hydrogen) atoms. The van der Waals surface area contributed by atoms with E-state index in [0.29, 0.717) is 0 Å². The Morgan fingerprint density at radius 3 is 1.05 bits per heavy atom. The van der Waals surface area contributed by atoms with E-state index in [1.165, 1.54) is 33.0 Å². The minimum Gasteiger partial charge on any atom is -0.311 e. The van der Waals surface area contributed by atoms with E-state index in [1.807, 2.05) is 0 Å². The van der Waals surface area contributed by atoms with E-state index in [4.69, 9.17) is 0 Å². The summed E-state index contributed by atoms with van der Waals surface area (Å²) in [4.78, 5) is 4.63. The normalized spacial score (nSPS) is 11.1. The number of anilines is 6. The largest absolute Gasteiger partial charge is 0.311 e. The number of hydrogen-bond donors (Lipinski definition) is 0. The monoisotopic (exact) mass is 716 g/mol. The highest BCUT2D eigenvalue weighted by Gasteiger charge is 2.15. The highest BCUT2D eigenvalue weighted by molar-refractivity contribution is 5.92. The molecule has 0 saturated heterocycles. The van der Waals surface area contributed by atoms with Gasteiger partial charge in [0.1, 0.15) is 0 Å². The van der Waals surface area contributed by atoms with Crippen LogP contribution in [-0.4, -0.2) is 0 Å². The Bertz CT molecular complexity index is 2570. The van der Waals surface area contributed by atoms with E-state index in [0.717, 1.165) is 45.3 Å². The van der Waals surface area contributed by atoms with Crippen molar-refractivity contribution in [2.45, 2.75) is 0 Å². The first kappa shape index (κ1) is 34.4. The summed E-state index contributed by atoms with van der Waals surface area (Å²) < 4.78 is 0. The summed E-state index contributed by atoms with van der Waals surface area (Å²) in [7, 11) is 0. The fourth-order valence-corrected chi connectivity index (χ4v) is 7.34. The predicted molar refractivity (Wildman–Crippen MR) is 240 cm³/mol. The molecule has 2 heteroatoms. The summed E-state index contributed by atoms with van der Waals surface area (Å²) in [5.41, 5.74) is 13.8. The topological polar surface area (TPSA) is 6.48 Å². The van der Waals surface area contributed by atoms with Crippen molar-refractivity contribution in [2.24, 2.45) is 0 Å². The van der Waals surface area contributed by atoms with Gasteiger partial charge >= 0.3 is 0 Å². The van der Waals surface area contributed by atoms with E-state index in [9.17, 15) is 0 Å². The summed E-state index contributed by atoms with van der Waals surface area (Å²) in [6, 6.07) is 82.1. The zero-order valence-corrected chi connectivity index (χ0v) is 31.0. The quantitative estimate of drug-likeness (QED) is 0.130. The van der Waals surface area contributed by atoms with Crippen molar-refractivity contribution in [3.63, 3.8) is 0 Å². The molecule has 9 rings (SSSR count). The standard InChI is InChI=1S/C54H40N2/c1-5-13-43(14-6-1)45-27-34-52(35-28-45)56(53-36-29-46(30-37-53)44-15-7-2-8-16-44)54-38-31-47-39-42(23-26-48(47)40-54)22-21-41-24-32-51(33-25-41)55(49-17-9-3-10-18-49)50-19-11-4-12-20-50/h1-40H/b22-21+. The van der Waals surface area contributed by atoms with Gasteiger partial charge in [0.25, 0.3) is 0 Å². The molecule has 0 amide bonds. The average Bonchev–Trinajstić information content (AvgIpc) is 3.28. The predicted octanol–water partition coefficient (Wildman–Crippen LogP) is 15.3. The molecule has 2 nitrogen and oxygen atoms in total. The summed E-state index contributed by atoms with van der Waals surface area (Å²) in [5.74, 6) is 0. The maximum atomic E-state index is 2.34. The van der Waals surface area contributed by atoms with Gasteiger partial charge in [-0.3, -0.25) is 0 Å². The van der Waals surface area contributed by atoms with Crippen LogP contribution in [0.3, 0.4) is 0 Å². The van der Waals surface area contributed by atoms with Gasteiger partial charge in [-0.1, -0.05) is 164 Å². The maximum Gasteiger partial charge on any atom is 0.0468 e. The number of rotatable bonds is 10. The molecule has 0 heterocycles. The van der Waals surface area contributed by atoms with Crippen LogP contribution in [0.4, 0.5) is 34.1 Å². The van der Waals surface area contributed by atoms with Crippen molar-refractivity contribution in [3.8, 4) is 22.3 Å². The third-order valence-corrected chi connectivity index (χ3v) is 10.2. The van der Waals surface area contributed by atoms with Crippen molar-refractivity contribution < 1.29 is 0 Å². The molecule has 0 unspecified atom stereocenters. The third kappa shape index (κ3) is 7.50. The molecule has 0 aromatic heterocycles. The Morgan fingerprint density at radius 1 is 0.232 bits per heavy atom. The number of fused-ring (bicyclic) bond motifs is 1. The smallest absolute Gasteiger partial charge is 0.0468 e. The van der Waals surface area contributed by atoms with Crippen LogP contribution in [0.2, 0.25) is 0 Å². The Hall–Kier alpha value is -7.42. The number of benzene rings is 9. The molecule has 9 aromatic carbocycles. The molecular weight excluding hydrogens is 677 g/mol. The molecular formula is C54H40N2. The fourth-order valence-electron chi connectivity index (χ4n) is 7.34. The number of nitrogens with zero attached hydrogens (tertiary/aromatic N) is 2. The Labute approximate surface area is 329 Å². The van der Waals surface area contributed by atoms with E-state index in [1.54, 1.807) is 0 Å². The van der Waals surface area contributed by atoms with Crippen LogP contribution < -0.4 is 9.80 Å². The average molecular weight is 717 g/mol. The van der Waals surface area contributed by atoms with Gasteiger partial charge in [0.05, 0.1) is 0 Å². The Balaban J connectivity index is 0.991. The van der Waals surface area contributed by atoms with Gasteiger partial charge < -0.3 is 9.80 Å². The molecule has 0 aliphatic heterocycles. The van der Waals surface area contributed by atoms with Crippen molar-refractivity contribution in [2.75, 3.05) is 9.80 Å². The molecule has 0 bridgehead atoms. The summed E-state index contributed by atoms with van der Waals surface area (Å²) in [6.07, 6.45) is 4.39. The lowest BCUT2D eigenvalue weighted by molar-refractivity contribution is 1.28. The van der Waals surface area contributed by atoms with Crippen molar-refractivity contribution in [1.82, 2.24) is 0 Å². The first-order valence-corrected chi connectivity index (χ1v) is 19.1. The highest BCUT2D eigenvalue weighted by Crippen LogP contribution is 2.39. The molecule has 0 aliphatic carbocycles. The van der Waals surface area contributed by atoms with Gasteiger partial charge in [0, 0.05) is 34.1 Å². The first-order chi connectivity index (χ1) is 27.7. The SMILES string of the molecule is C(=C\c1ccc2cc(N(c3ccc(-c4ccccc4)cc3)c3ccc(-c4ccccc4)cc3)ccc2c1)/c1ccc(N(c2ccccc2)c2ccccc2)cc1. The van der Waals surface area contributed by atoms with Crippen LogP contribution in [0.1, 0.15) is 11.1 Å². The molecule has 266 valence electrons. The molecule has 0 atom stereocenters. The molecule has 0 spiro atoms. The highest BCUT2D eigenvalue weighted by atomic mass is 15.1. The molecule has 0 N–H and O–H groups in total. The second kappa shape index (κ2) is 15.9. The van der Waals surface area contributed by atoms with Crippen molar-refractivity contribution >= 4 is 57.0 Å². The van der Waals surface area contributed by atoms with Gasteiger partial charge in [0.15, 0.2) is 0 Å². The van der Waals surface area contributed by atoms with E-state index >= 15 is 0 Å². The van der Waals surface area contributed by atoms with Crippen LogP contribution in [0.25, 0.3) is 45.2 Å². The third-order valence-electron chi connectivity index (χ3n) is 10.2. The number of hydrogen-bond acceptors (Lipinski definition) is 2. The number of para-hydroxylation sites is 2. The lowest BCUT2D eigenvalue weighted by atomic mass is 10.0. The molecule has 0 saturated carbocycles. The van der Waals surface area contributed by atoms with Gasteiger partial charge in [-0.25, -0.2) is 0 Å².